The number of carbonyl (C=O) groups is 2. The van der Waals surface area contributed by atoms with Gasteiger partial charge in [0, 0.05) is 51.1 Å². The number of hydrogen-bond acceptors (Lipinski definition) is 8. The lowest BCUT2D eigenvalue weighted by Crippen LogP contribution is -2.22. The SMILES string of the molecule is O=C(O)c1ccc(C(=O)n2nc(-c3c(Br)ccc(=O)n3CCc3ccns3)cc2NCc2ccc(Cl)s2)cc1. The Morgan fingerprint density at radius 1 is 1.03 bits per heavy atom. The number of carboxylic acids is 1. The number of carbonyl (C=O) groups excluding carboxylic acids is 1. The first kappa shape index (κ1) is 27.0. The molecule has 9 nitrogen and oxygen atoms in total. The van der Waals surface area contributed by atoms with E-state index in [9.17, 15) is 19.5 Å². The Bertz CT molecular complexity index is 1710. The van der Waals surface area contributed by atoms with Crippen molar-refractivity contribution < 1.29 is 14.7 Å². The summed E-state index contributed by atoms with van der Waals surface area (Å²) in [7, 11) is 0. The van der Waals surface area contributed by atoms with Crippen molar-refractivity contribution in [3.8, 4) is 11.4 Å². The van der Waals surface area contributed by atoms with Crippen LogP contribution in [0.1, 0.15) is 30.5 Å². The summed E-state index contributed by atoms with van der Waals surface area (Å²) in [5.41, 5.74) is 1.06. The lowest BCUT2D eigenvalue weighted by atomic mass is 10.1. The molecule has 5 rings (SSSR count). The zero-order valence-corrected chi connectivity index (χ0v) is 24.0. The smallest absolute Gasteiger partial charge is 0.335 e. The van der Waals surface area contributed by atoms with E-state index >= 15 is 0 Å². The van der Waals surface area contributed by atoms with Crippen LogP contribution in [0.3, 0.4) is 0 Å². The van der Waals surface area contributed by atoms with Crippen LogP contribution in [-0.4, -0.2) is 35.7 Å². The fourth-order valence-electron chi connectivity index (χ4n) is 3.91. The van der Waals surface area contributed by atoms with Crippen molar-refractivity contribution in [2.75, 3.05) is 5.32 Å². The van der Waals surface area contributed by atoms with E-state index in [1.54, 1.807) is 29.0 Å². The maximum absolute atomic E-state index is 13.5. The van der Waals surface area contributed by atoms with Gasteiger partial charge in [-0.05, 0) is 76.0 Å². The molecule has 0 radical (unpaired) electrons. The summed E-state index contributed by atoms with van der Waals surface area (Å²) in [5, 5.41) is 17.1. The van der Waals surface area contributed by atoms with Crippen molar-refractivity contribution in [1.29, 1.82) is 0 Å². The minimum atomic E-state index is -1.09. The van der Waals surface area contributed by atoms with Crippen molar-refractivity contribution in [3.05, 3.63) is 107 Å². The molecular formula is C26H19BrClN5O4S2. The molecule has 0 saturated carbocycles. The highest BCUT2D eigenvalue weighted by Crippen LogP contribution is 2.30. The van der Waals surface area contributed by atoms with Crippen molar-refractivity contribution in [1.82, 2.24) is 18.7 Å². The quantitative estimate of drug-likeness (QED) is 0.206. The van der Waals surface area contributed by atoms with Crippen LogP contribution in [-0.2, 0) is 19.5 Å². The van der Waals surface area contributed by atoms with E-state index in [0.717, 1.165) is 9.75 Å². The van der Waals surface area contributed by atoms with Crippen LogP contribution in [0.2, 0.25) is 4.34 Å². The Hall–Kier alpha value is -3.58. The molecule has 0 fully saturated rings. The number of aromatic nitrogens is 4. The molecule has 0 amide bonds. The molecule has 198 valence electrons. The first-order valence-electron chi connectivity index (χ1n) is 11.6. The van der Waals surface area contributed by atoms with Gasteiger partial charge in [-0.1, -0.05) is 11.6 Å². The summed E-state index contributed by atoms with van der Waals surface area (Å²) in [6.07, 6.45) is 2.33. The van der Waals surface area contributed by atoms with E-state index in [0.29, 0.717) is 45.5 Å². The van der Waals surface area contributed by atoms with Gasteiger partial charge in [0.2, 0.25) is 0 Å². The molecule has 0 spiro atoms. The number of hydrogen-bond donors (Lipinski definition) is 2. The Balaban J connectivity index is 1.55. The third-order valence-corrected chi connectivity index (χ3v) is 8.48. The lowest BCUT2D eigenvalue weighted by molar-refractivity contribution is 0.0696. The molecule has 0 atom stereocenters. The van der Waals surface area contributed by atoms with Gasteiger partial charge in [0.25, 0.3) is 11.5 Å². The van der Waals surface area contributed by atoms with E-state index in [1.165, 1.54) is 57.9 Å². The number of halogens is 2. The zero-order chi connectivity index (χ0) is 27.5. The van der Waals surface area contributed by atoms with Crippen molar-refractivity contribution in [2.24, 2.45) is 0 Å². The highest BCUT2D eigenvalue weighted by atomic mass is 79.9. The van der Waals surface area contributed by atoms with E-state index in [2.05, 4.69) is 30.7 Å². The number of rotatable bonds is 9. The monoisotopic (exact) mass is 643 g/mol. The van der Waals surface area contributed by atoms with Crippen molar-refractivity contribution in [3.63, 3.8) is 0 Å². The van der Waals surface area contributed by atoms with Gasteiger partial charge in [0.1, 0.15) is 11.5 Å². The number of nitrogens with one attached hydrogen (secondary N) is 1. The molecule has 4 heterocycles. The highest BCUT2D eigenvalue weighted by Gasteiger charge is 2.21. The minimum absolute atomic E-state index is 0.0683. The summed E-state index contributed by atoms with van der Waals surface area (Å²) in [6, 6.07) is 16.1. The average Bonchev–Trinajstić information content (AvgIpc) is 3.69. The van der Waals surface area contributed by atoms with Crippen LogP contribution in [0, 0.1) is 0 Å². The van der Waals surface area contributed by atoms with Gasteiger partial charge in [-0.15, -0.1) is 11.3 Å². The normalized spacial score (nSPS) is 11.0. The summed E-state index contributed by atoms with van der Waals surface area (Å²) in [4.78, 5) is 39.7. The molecule has 4 aromatic heterocycles. The van der Waals surface area contributed by atoms with Gasteiger partial charge in [0.05, 0.1) is 22.1 Å². The summed E-state index contributed by atoms with van der Waals surface area (Å²) in [5.74, 6) is -1.15. The Labute approximate surface area is 243 Å². The van der Waals surface area contributed by atoms with Gasteiger partial charge in [-0.25, -0.2) is 9.17 Å². The zero-order valence-electron chi connectivity index (χ0n) is 20.0. The van der Waals surface area contributed by atoms with Gasteiger partial charge in [-0.3, -0.25) is 9.59 Å². The van der Waals surface area contributed by atoms with Gasteiger partial charge >= 0.3 is 5.97 Å². The van der Waals surface area contributed by atoms with Crippen LogP contribution >= 0.6 is 50.4 Å². The maximum Gasteiger partial charge on any atom is 0.335 e. The highest BCUT2D eigenvalue weighted by molar-refractivity contribution is 9.10. The summed E-state index contributed by atoms with van der Waals surface area (Å²) in [6.45, 7) is 0.783. The Morgan fingerprint density at radius 3 is 2.46 bits per heavy atom. The molecule has 39 heavy (non-hydrogen) atoms. The molecule has 2 N–H and O–H groups in total. The first-order chi connectivity index (χ1) is 18.8. The Morgan fingerprint density at radius 2 is 1.79 bits per heavy atom. The molecule has 0 saturated heterocycles. The van der Waals surface area contributed by atoms with Crippen LogP contribution in [0.4, 0.5) is 5.82 Å². The number of aryl methyl sites for hydroxylation is 1. The molecule has 13 heteroatoms. The topological polar surface area (TPSA) is 119 Å². The molecule has 0 aliphatic carbocycles. The van der Waals surface area contributed by atoms with Crippen LogP contribution in [0.5, 0.6) is 0 Å². The number of nitrogens with zero attached hydrogens (tertiary/aromatic N) is 4. The third kappa shape index (κ3) is 6.04. The number of pyridine rings is 1. The predicted molar refractivity (Wildman–Crippen MR) is 155 cm³/mol. The maximum atomic E-state index is 13.5. The van der Waals surface area contributed by atoms with E-state index in [1.807, 2.05) is 12.1 Å². The van der Waals surface area contributed by atoms with Crippen LogP contribution in [0.15, 0.2) is 76.1 Å². The number of thiophene rings is 1. The first-order valence-corrected chi connectivity index (χ1v) is 14.3. The molecule has 5 aromatic rings. The molecule has 0 aliphatic rings. The largest absolute Gasteiger partial charge is 0.478 e. The molecule has 1 aromatic carbocycles. The fraction of sp³-hybridized carbons (Fsp3) is 0.115. The number of aromatic carboxylic acids is 1. The van der Waals surface area contributed by atoms with Gasteiger partial charge in [0.15, 0.2) is 0 Å². The van der Waals surface area contributed by atoms with Crippen LogP contribution in [0.25, 0.3) is 11.4 Å². The second kappa shape index (κ2) is 11.7. The minimum Gasteiger partial charge on any atom is -0.478 e. The van der Waals surface area contributed by atoms with Crippen molar-refractivity contribution in [2.45, 2.75) is 19.5 Å². The van der Waals surface area contributed by atoms with E-state index < -0.39 is 11.9 Å². The van der Waals surface area contributed by atoms with Gasteiger partial charge < -0.3 is 15.0 Å². The summed E-state index contributed by atoms with van der Waals surface area (Å²) < 4.78 is 8.25. The second-order valence-electron chi connectivity index (χ2n) is 8.32. The molecular weight excluding hydrogens is 626 g/mol. The summed E-state index contributed by atoms with van der Waals surface area (Å²) >= 11 is 12.4. The standard InChI is InChI=1S/C26H19BrClN5O4S2/c27-19-6-8-23(34)32(12-10-17-9-11-30-39-17)24(19)20-13-22(29-14-18-5-7-21(28)38-18)33(31-20)25(35)15-1-3-16(4-2-15)26(36)37/h1-9,11,13,29H,10,12,14H2,(H,36,37). The average molecular weight is 645 g/mol. The third-order valence-electron chi connectivity index (χ3n) is 5.80. The van der Waals surface area contributed by atoms with E-state index in [4.69, 9.17) is 11.6 Å². The fourth-order valence-corrected chi connectivity index (χ4v) is 6.05. The lowest BCUT2D eigenvalue weighted by Gasteiger charge is -2.12. The molecule has 0 unspecified atom stereocenters. The van der Waals surface area contributed by atoms with Gasteiger partial charge in [-0.2, -0.15) is 9.78 Å². The predicted octanol–water partition coefficient (Wildman–Crippen LogP) is 5.89. The van der Waals surface area contributed by atoms with Crippen LogP contribution < -0.4 is 10.9 Å². The van der Waals surface area contributed by atoms with Crippen molar-refractivity contribution >= 4 is 68.1 Å². The Kier molecular flexibility index (Phi) is 8.07. The molecule has 0 bridgehead atoms. The molecule has 0 aliphatic heterocycles. The second-order valence-corrected chi connectivity index (χ2v) is 11.9. The van der Waals surface area contributed by atoms with E-state index in [-0.39, 0.29) is 16.7 Å². The number of benzene rings is 1. The number of carboxylic acid groups (broad SMARTS) is 1. The number of anilines is 1.